The molecule has 1 aliphatic carbocycles. The largest absolute Gasteiger partial charge is 0.504 e. The van der Waals surface area contributed by atoms with Gasteiger partial charge in [0.2, 0.25) is 0 Å². The number of hydrogen-bond donors (Lipinski definition) is 5. The number of benzene rings is 1. The van der Waals surface area contributed by atoms with Crippen molar-refractivity contribution in [1.29, 1.82) is 0 Å². The summed E-state index contributed by atoms with van der Waals surface area (Å²) < 4.78 is 27.6. The smallest absolute Gasteiger partial charge is 0.323 e. The third-order valence-electron chi connectivity index (χ3n) is 4.64. The first-order chi connectivity index (χ1) is 13.7. The zero-order valence-corrected chi connectivity index (χ0v) is 18.2. The number of hydrogen-bond acceptors (Lipinski definition) is 6. The lowest BCUT2D eigenvalue weighted by molar-refractivity contribution is 0.185. The van der Waals surface area contributed by atoms with E-state index in [4.69, 9.17) is 23.2 Å². The minimum Gasteiger partial charge on any atom is -0.504 e. The van der Waals surface area contributed by atoms with Crippen LogP contribution in [0.25, 0.3) is 0 Å². The maximum absolute atomic E-state index is 12.7. The predicted molar refractivity (Wildman–Crippen MR) is 114 cm³/mol. The Morgan fingerprint density at radius 1 is 1.17 bits per heavy atom. The molecule has 1 saturated carbocycles. The Morgan fingerprint density at radius 3 is 2.48 bits per heavy atom. The molecule has 0 aliphatic heterocycles. The monoisotopic (exact) mass is 479 g/mol. The molecular weight excluding hydrogens is 461 g/mol. The van der Waals surface area contributed by atoms with Crippen LogP contribution in [0.2, 0.25) is 10.0 Å². The van der Waals surface area contributed by atoms with Crippen LogP contribution >= 0.6 is 34.5 Å². The summed E-state index contributed by atoms with van der Waals surface area (Å²) in [5.41, 5.74) is -0.744. The number of sulfonamides is 1. The van der Waals surface area contributed by atoms with E-state index in [0.717, 1.165) is 24.2 Å². The number of carbonyl (C=O) groups excluding carboxylic acids is 1. The number of carbonyl (C=O) groups is 1. The quantitative estimate of drug-likeness (QED) is 0.427. The Labute approximate surface area is 181 Å². The zero-order valence-electron chi connectivity index (χ0n) is 15.0. The summed E-state index contributed by atoms with van der Waals surface area (Å²) >= 11 is 12.7. The van der Waals surface area contributed by atoms with E-state index in [2.05, 4.69) is 15.4 Å². The third kappa shape index (κ3) is 4.79. The molecule has 1 heterocycles. The van der Waals surface area contributed by atoms with Crippen LogP contribution in [-0.2, 0) is 10.0 Å². The minimum atomic E-state index is -4.08. The van der Waals surface area contributed by atoms with Gasteiger partial charge in [0.1, 0.15) is 0 Å². The SMILES string of the molecule is O=C(Nc1csc(S(=O)(=O)NC2(CO)CCCC2)c1O)Nc1cccc(Cl)c1Cl. The van der Waals surface area contributed by atoms with Crippen molar-refractivity contribution >= 4 is 62.0 Å². The fraction of sp³-hybridized carbons (Fsp3) is 0.353. The highest BCUT2D eigenvalue weighted by Crippen LogP contribution is 2.39. The van der Waals surface area contributed by atoms with Crippen LogP contribution in [0.5, 0.6) is 5.75 Å². The Hall–Kier alpha value is -1.56. The second kappa shape index (κ2) is 8.66. The molecule has 29 heavy (non-hydrogen) atoms. The second-order valence-corrected chi connectivity index (χ2v) is 10.3. The van der Waals surface area contributed by atoms with Gasteiger partial charge >= 0.3 is 6.03 Å². The van der Waals surface area contributed by atoms with Crippen molar-refractivity contribution in [2.24, 2.45) is 0 Å². The summed E-state index contributed by atoms with van der Waals surface area (Å²) in [6, 6.07) is 3.96. The molecule has 1 aliphatic rings. The van der Waals surface area contributed by atoms with E-state index in [1.165, 1.54) is 11.4 Å². The highest BCUT2D eigenvalue weighted by molar-refractivity contribution is 7.91. The summed E-state index contributed by atoms with van der Waals surface area (Å²) in [6.45, 7) is -0.327. The molecule has 2 amide bonds. The van der Waals surface area contributed by atoms with Crippen LogP contribution < -0.4 is 15.4 Å². The molecule has 0 radical (unpaired) electrons. The topological polar surface area (TPSA) is 128 Å². The molecule has 0 atom stereocenters. The van der Waals surface area contributed by atoms with E-state index in [1.54, 1.807) is 12.1 Å². The molecule has 0 saturated heterocycles. The van der Waals surface area contributed by atoms with E-state index in [-0.39, 0.29) is 32.2 Å². The second-order valence-electron chi connectivity index (χ2n) is 6.72. The molecule has 1 fully saturated rings. The van der Waals surface area contributed by atoms with Crippen LogP contribution in [0.3, 0.4) is 0 Å². The number of aliphatic hydroxyl groups excluding tert-OH is 1. The van der Waals surface area contributed by atoms with Crippen molar-refractivity contribution in [3.63, 3.8) is 0 Å². The molecule has 2 aromatic rings. The Kier molecular flexibility index (Phi) is 6.61. The van der Waals surface area contributed by atoms with Gasteiger partial charge < -0.3 is 20.8 Å². The fourth-order valence-electron chi connectivity index (χ4n) is 3.17. The average molecular weight is 480 g/mol. The highest BCUT2D eigenvalue weighted by atomic mass is 35.5. The first-order valence-electron chi connectivity index (χ1n) is 8.65. The van der Waals surface area contributed by atoms with Crippen molar-refractivity contribution < 1.29 is 23.4 Å². The van der Waals surface area contributed by atoms with Gasteiger partial charge in [-0.25, -0.2) is 17.9 Å². The average Bonchev–Trinajstić information content (AvgIpc) is 3.27. The van der Waals surface area contributed by atoms with Gasteiger partial charge in [0, 0.05) is 5.38 Å². The van der Waals surface area contributed by atoms with E-state index >= 15 is 0 Å². The van der Waals surface area contributed by atoms with Crippen molar-refractivity contribution in [3.05, 3.63) is 33.6 Å². The number of rotatable bonds is 6. The van der Waals surface area contributed by atoms with Crippen LogP contribution in [0.4, 0.5) is 16.2 Å². The fourth-order valence-corrected chi connectivity index (χ4v) is 6.20. The third-order valence-corrected chi connectivity index (χ3v) is 8.55. The molecule has 3 rings (SSSR count). The van der Waals surface area contributed by atoms with E-state index in [0.29, 0.717) is 12.8 Å². The van der Waals surface area contributed by atoms with Crippen molar-refractivity contribution in [3.8, 4) is 5.75 Å². The summed E-state index contributed by atoms with van der Waals surface area (Å²) in [6.07, 6.45) is 2.64. The number of amides is 2. The van der Waals surface area contributed by atoms with Gasteiger partial charge in [-0.2, -0.15) is 0 Å². The molecule has 12 heteroatoms. The number of aromatic hydroxyl groups is 1. The summed E-state index contributed by atoms with van der Waals surface area (Å²) in [5, 5.41) is 26.6. The molecule has 0 unspecified atom stereocenters. The van der Waals surface area contributed by atoms with Gasteiger partial charge in [0.15, 0.2) is 9.96 Å². The van der Waals surface area contributed by atoms with Crippen LogP contribution in [0, 0.1) is 0 Å². The summed E-state index contributed by atoms with van der Waals surface area (Å²) in [4.78, 5) is 12.2. The molecule has 5 N–H and O–H groups in total. The Morgan fingerprint density at radius 2 is 1.83 bits per heavy atom. The van der Waals surface area contributed by atoms with Crippen LogP contribution in [0.15, 0.2) is 27.8 Å². The van der Waals surface area contributed by atoms with Gasteiger partial charge in [0.05, 0.1) is 33.6 Å². The van der Waals surface area contributed by atoms with Gasteiger partial charge in [0.25, 0.3) is 10.0 Å². The standard InChI is InChI=1S/C17H19Cl2N3O5S2/c18-10-4-3-5-11(13(10)19)20-16(25)21-12-8-28-15(14(12)24)29(26,27)22-17(9-23)6-1-2-7-17/h3-5,8,22-24H,1-2,6-7,9H2,(H2,20,21,25). The van der Waals surface area contributed by atoms with Crippen molar-refractivity contribution in [2.45, 2.75) is 35.4 Å². The molecule has 1 aromatic carbocycles. The minimum absolute atomic E-state index is 0.0736. The molecule has 8 nitrogen and oxygen atoms in total. The van der Waals surface area contributed by atoms with Gasteiger partial charge in [-0.15, -0.1) is 11.3 Å². The molecule has 1 aromatic heterocycles. The number of nitrogens with one attached hydrogen (secondary N) is 3. The summed E-state index contributed by atoms with van der Waals surface area (Å²) in [7, 11) is -4.08. The van der Waals surface area contributed by atoms with Crippen molar-refractivity contribution in [1.82, 2.24) is 4.72 Å². The molecular formula is C17H19Cl2N3O5S2. The maximum atomic E-state index is 12.7. The lowest BCUT2D eigenvalue weighted by Gasteiger charge is -2.27. The van der Waals surface area contributed by atoms with E-state index < -0.39 is 27.3 Å². The number of halogens is 2. The highest BCUT2D eigenvalue weighted by Gasteiger charge is 2.39. The number of urea groups is 1. The Balaban J connectivity index is 1.75. The summed E-state index contributed by atoms with van der Waals surface area (Å²) in [5.74, 6) is -0.582. The number of aliphatic hydroxyl groups is 1. The van der Waals surface area contributed by atoms with Gasteiger partial charge in [-0.3, -0.25) is 0 Å². The Bertz CT molecular complexity index is 1020. The lowest BCUT2D eigenvalue weighted by Crippen LogP contribution is -2.48. The van der Waals surface area contributed by atoms with Gasteiger partial charge in [-0.1, -0.05) is 42.1 Å². The normalized spacial score (nSPS) is 16.0. The first-order valence-corrected chi connectivity index (χ1v) is 11.8. The number of anilines is 2. The van der Waals surface area contributed by atoms with Crippen LogP contribution in [0.1, 0.15) is 25.7 Å². The lowest BCUT2D eigenvalue weighted by atomic mass is 10.0. The number of thiophene rings is 1. The zero-order chi connectivity index (χ0) is 21.2. The van der Waals surface area contributed by atoms with E-state index in [1.807, 2.05) is 0 Å². The van der Waals surface area contributed by atoms with E-state index in [9.17, 15) is 23.4 Å². The van der Waals surface area contributed by atoms with Gasteiger partial charge in [-0.05, 0) is 25.0 Å². The molecule has 158 valence electrons. The molecule has 0 spiro atoms. The maximum Gasteiger partial charge on any atom is 0.323 e. The van der Waals surface area contributed by atoms with Crippen molar-refractivity contribution in [2.75, 3.05) is 17.2 Å². The predicted octanol–water partition coefficient (Wildman–Crippen LogP) is 3.99. The first kappa shape index (κ1) is 22.1. The van der Waals surface area contributed by atoms with Crippen LogP contribution in [-0.4, -0.2) is 36.8 Å². The molecule has 0 bridgehead atoms.